The zero-order valence-electron chi connectivity index (χ0n) is 21.2. The van der Waals surface area contributed by atoms with Gasteiger partial charge in [0.2, 0.25) is 0 Å². The monoisotopic (exact) mass is 503 g/mol. The maximum atomic E-state index is 13.3. The minimum atomic E-state index is -0.824. The summed E-state index contributed by atoms with van der Waals surface area (Å²) >= 11 is 0. The number of ether oxygens (including phenoxy) is 4. The molecule has 0 radical (unpaired) electrons. The van der Waals surface area contributed by atoms with Crippen LogP contribution in [0.15, 0.2) is 72.3 Å². The highest BCUT2D eigenvalue weighted by Gasteiger charge is 2.46. The molecule has 0 aromatic heterocycles. The molecule has 3 aromatic carbocycles. The average molecular weight is 504 g/mol. The van der Waals surface area contributed by atoms with Crippen molar-refractivity contribution in [1.29, 1.82) is 0 Å². The SMILES string of the molecule is COc1ccc(OCCN2C(=O)C(=O)/C(=C(/O)c3cc(C)ccc3OC)C2c2ccc(OC)cc2)cc1. The maximum absolute atomic E-state index is 13.3. The van der Waals surface area contributed by atoms with Gasteiger partial charge in [0.1, 0.15) is 35.4 Å². The molecule has 192 valence electrons. The van der Waals surface area contributed by atoms with Gasteiger partial charge in [-0.3, -0.25) is 9.59 Å². The molecule has 1 amide bonds. The number of hydrogen-bond donors (Lipinski definition) is 1. The number of carbonyl (C=O) groups is 2. The number of rotatable bonds is 9. The molecule has 1 aliphatic heterocycles. The molecule has 1 unspecified atom stereocenters. The number of amides is 1. The second-order valence-corrected chi connectivity index (χ2v) is 8.49. The molecule has 1 heterocycles. The predicted octanol–water partition coefficient (Wildman–Crippen LogP) is 4.52. The number of hydrogen-bond acceptors (Lipinski definition) is 7. The van der Waals surface area contributed by atoms with Crippen LogP contribution in [-0.4, -0.2) is 56.2 Å². The van der Waals surface area contributed by atoms with Crippen LogP contribution in [-0.2, 0) is 9.59 Å². The number of carbonyl (C=O) groups excluding carboxylic acids is 2. The van der Waals surface area contributed by atoms with Crippen LogP contribution in [0.3, 0.4) is 0 Å². The van der Waals surface area contributed by atoms with Crippen LogP contribution in [0.25, 0.3) is 5.76 Å². The van der Waals surface area contributed by atoms with Crippen LogP contribution in [0.2, 0.25) is 0 Å². The fourth-order valence-electron chi connectivity index (χ4n) is 4.33. The second kappa shape index (κ2) is 11.1. The van der Waals surface area contributed by atoms with E-state index in [1.165, 1.54) is 12.0 Å². The number of ketones is 1. The third-order valence-corrected chi connectivity index (χ3v) is 6.24. The summed E-state index contributed by atoms with van der Waals surface area (Å²) < 4.78 is 21.7. The number of methoxy groups -OCH3 is 3. The Bertz CT molecular complexity index is 1310. The van der Waals surface area contributed by atoms with Crippen molar-refractivity contribution in [3.63, 3.8) is 0 Å². The van der Waals surface area contributed by atoms with Crippen molar-refractivity contribution in [2.75, 3.05) is 34.5 Å². The lowest BCUT2D eigenvalue weighted by molar-refractivity contribution is -0.140. The number of likely N-dealkylation sites (tertiary alicyclic amines) is 1. The predicted molar refractivity (Wildman–Crippen MR) is 138 cm³/mol. The molecule has 37 heavy (non-hydrogen) atoms. The molecule has 3 aromatic rings. The molecule has 1 fully saturated rings. The Balaban J connectivity index is 1.72. The van der Waals surface area contributed by atoms with Gasteiger partial charge in [-0.05, 0) is 61.0 Å². The summed E-state index contributed by atoms with van der Waals surface area (Å²) in [6, 6.07) is 18.6. The summed E-state index contributed by atoms with van der Waals surface area (Å²) in [5, 5.41) is 11.4. The van der Waals surface area contributed by atoms with E-state index in [-0.39, 0.29) is 24.5 Å². The molecule has 1 atom stereocenters. The summed E-state index contributed by atoms with van der Waals surface area (Å²) in [6.45, 7) is 2.13. The minimum absolute atomic E-state index is 0.0106. The molecule has 0 saturated carbocycles. The maximum Gasteiger partial charge on any atom is 0.295 e. The first-order valence-corrected chi connectivity index (χ1v) is 11.7. The summed E-state index contributed by atoms with van der Waals surface area (Å²) in [5.74, 6) is 0.540. The Morgan fingerprint density at radius 1 is 0.838 bits per heavy atom. The molecule has 0 spiro atoms. The fraction of sp³-hybridized carbons (Fsp3) is 0.241. The molecule has 8 nitrogen and oxygen atoms in total. The standard InChI is InChI=1S/C29H29NO7/c1-18-5-14-24(36-4)23(17-18)27(31)25-26(19-6-8-20(34-2)9-7-19)30(29(33)28(25)32)15-16-37-22-12-10-21(35-3)11-13-22/h5-14,17,26,31H,15-16H2,1-4H3/b27-25+. The van der Waals surface area contributed by atoms with Crippen LogP contribution < -0.4 is 18.9 Å². The van der Waals surface area contributed by atoms with Crippen LogP contribution in [0.1, 0.15) is 22.7 Å². The lowest BCUT2D eigenvalue weighted by Gasteiger charge is -2.25. The van der Waals surface area contributed by atoms with Gasteiger partial charge in [0.05, 0.1) is 45.1 Å². The molecular formula is C29H29NO7. The number of nitrogens with zero attached hydrogens (tertiary/aromatic N) is 1. The Labute approximate surface area is 215 Å². The van der Waals surface area contributed by atoms with Gasteiger partial charge in [0, 0.05) is 0 Å². The van der Waals surface area contributed by atoms with E-state index in [0.29, 0.717) is 34.1 Å². The number of aliphatic hydroxyl groups excluding tert-OH is 1. The highest BCUT2D eigenvalue weighted by molar-refractivity contribution is 6.46. The molecule has 1 N–H and O–H groups in total. The van der Waals surface area contributed by atoms with Crippen LogP contribution in [0.5, 0.6) is 23.0 Å². The van der Waals surface area contributed by atoms with E-state index in [9.17, 15) is 14.7 Å². The van der Waals surface area contributed by atoms with Gasteiger partial charge in [0.15, 0.2) is 0 Å². The van der Waals surface area contributed by atoms with E-state index in [1.807, 2.05) is 13.0 Å². The van der Waals surface area contributed by atoms with E-state index in [1.54, 1.807) is 74.9 Å². The first-order valence-electron chi connectivity index (χ1n) is 11.7. The summed E-state index contributed by atoms with van der Waals surface area (Å²) in [6.07, 6.45) is 0. The van der Waals surface area contributed by atoms with Gasteiger partial charge in [-0.2, -0.15) is 0 Å². The van der Waals surface area contributed by atoms with Crippen molar-refractivity contribution in [2.45, 2.75) is 13.0 Å². The number of Topliss-reactive ketones (excluding diaryl/α,β-unsaturated/α-hetero) is 1. The molecule has 1 aliphatic rings. The summed E-state index contributed by atoms with van der Waals surface area (Å²) in [7, 11) is 4.62. The van der Waals surface area contributed by atoms with Gasteiger partial charge in [0.25, 0.3) is 11.7 Å². The lowest BCUT2D eigenvalue weighted by atomic mass is 9.94. The van der Waals surface area contributed by atoms with E-state index in [4.69, 9.17) is 18.9 Å². The summed E-state index contributed by atoms with van der Waals surface area (Å²) in [5.41, 5.74) is 1.85. The second-order valence-electron chi connectivity index (χ2n) is 8.49. The highest BCUT2D eigenvalue weighted by Crippen LogP contribution is 2.41. The van der Waals surface area contributed by atoms with Crippen molar-refractivity contribution < 1.29 is 33.6 Å². The number of benzene rings is 3. The third-order valence-electron chi connectivity index (χ3n) is 6.24. The van der Waals surface area contributed by atoms with E-state index in [0.717, 1.165) is 5.56 Å². The molecule has 1 saturated heterocycles. The first kappa shape index (κ1) is 25.6. The lowest BCUT2D eigenvalue weighted by Crippen LogP contribution is -2.33. The van der Waals surface area contributed by atoms with Crippen molar-refractivity contribution in [3.05, 3.63) is 89.0 Å². The number of aliphatic hydroxyl groups is 1. The van der Waals surface area contributed by atoms with Gasteiger partial charge in [-0.25, -0.2) is 0 Å². The minimum Gasteiger partial charge on any atom is -0.507 e. The Kier molecular flexibility index (Phi) is 7.67. The van der Waals surface area contributed by atoms with Gasteiger partial charge in [-0.15, -0.1) is 0 Å². The zero-order valence-corrected chi connectivity index (χ0v) is 21.2. The van der Waals surface area contributed by atoms with Crippen molar-refractivity contribution in [1.82, 2.24) is 4.90 Å². The van der Waals surface area contributed by atoms with E-state index < -0.39 is 17.7 Å². The van der Waals surface area contributed by atoms with Crippen molar-refractivity contribution in [2.24, 2.45) is 0 Å². The largest absolute Gasteiger partial charge is 0.507 e. The molecule has 0 bridgehead atoms. The van der Waals surface area contributed by atoms with E-state index >= 15 is 0 Å². The molecular weight excluding hydrogens is 474 g/mol. The van der Waals surface area contributed by atoms with Gasteiger partial charge in [-0.1, -0.05) is 23.8 Å². The quantitative estimate of drug-likeness (QED) is 0.261. The van der Waals surface area contributed by atoms with Crippen molar-refractivity contribution >= 4 is 17.4 Å². The Morgan fingerprint density at radius 3 is 2.03 bits per heavy atom. The smallest absolute Gasteiger partial charge is 0.295 e. The molecule has 0 aliphatic carbocycles. The molecule has 4 rings (SSSR count). The zero-order chi connectivity index (χ0) is 26.5. The van der Waals surface area contributed by atoms with E-state index in [2.05, 4.69) is 0 Å². The summed E-state index contributed by atoms with van der Waals surface area (Å²) in [4.78, 5) is 27.9. The van der Waals surface area contributed by atoms with Gasteiger partial charge < -0.3 is 29.0 Å². The molecule has 8 heteroatoms. The normalized spacial score (nSPS) is 16.5. The Morgan fingerprint density at radius 2 is 1.43 bits per heavy atom. The fourth-order valence-corrected chi connectivity index (χ4v) is 4.33. The Hall–Kier alpha value is -4.46. The highest BCUT2D eigenvalue weighted by atomic mass is 16.5. The average Bonchev–Trinajstić information content (AvgIpc) is 3.18. The van der Waals surface area contributed by atoms with Crippen LogP contribution in [0.4, 0.5) is 0 Å². The van der Waals surface area contributed by atoms with Crippen LogP contribution in [0, 0.1) is 6.92 Å². The first-order chi connectivity index (χ1) is 17.9. The number of aryl methyl sites for hydroxylation is 1. The van der Waals surface area contributed by atoms with Crippen LogP contribution >= 0.6 is 0 Å². The van der Waals surface area contributed by atoms with Gasteiger partial charge >= 0.3 is 0 Å². The van der Waals surface area contributed by atoms with Crippen molar-refractivity contribution in [3.8, 4) is 23.0 Å². The topological polar surface area (TPSA) is 94.5 Å². The third kappa shape index (κ3) is 5.23.